The first-order chi connectivity index (χ1) is 5.65. The molecule has 12 heavy (non-hydrogen) atoms. The molecule has 0 aromatic heterocycles. The van der Waals surface area contributed by atoms with E-state index in [9.17, 15) is 4.79 Å². The number of hydroxylamine groups is 2. The third-order valence-corrected chi connectivity index (χ3v) is 2.13. The molecule has 1 heterocycles. The summed E-state index contributed by atoms with van der Waals surface area (Å²) < 4.78 is 5.28. The molecule has 4 nitrogen and oxygen atoms in total. The van der Waals surface area contributed by atoms with Gasteiger partial charge >= 0.3 is 0 Å². The van der Waals surface area contributed by atoms with Gasteiger partial charge < -0.3 is 4.74 Å². The summed E-state index contributed by atoms with van der Waals surface area (Å²) in [5.41, 5.74) is 0. The van der Waals surface area contributed by atoms with Gasteiger partial charge in [-0.05, 0) is 13.3 Å². The van der Waals surface area contributed by atoms with Gasteiger partial charge in [-0.1, -0.05) is 0 Å². The van der Waals surface area contributed by atoms with Crippen LogP contribution in [0.2, 0.25) is 0 Å². The number of ether oxygens (including phenoxy) is 1. The van der Waals surface area contributed by atoms with Crippen LogP contribution in [0.15, 0.2) is 0 Å². The van der Waals surface area contributed by atoms with Gasteiger partial charge in [0.1, 0.15) is 0 Å². The Hall–Kier alpha value is -0.610. The molecule has 70 valence electrons. The highest BCUT2D eigenvalue weighted by Gasteiger charge is 2.30. The van der Waals surface area contributed by atoms with Crippen molar-refractivity contribution < 1.29 is 14.4 Å². The lowest BCUT2D eigenvalue weighted by atomic mass is 10.1. The van der Waals surface area contributed by atoms with Crippen LogP contribution in [-0.2, 0) is 14.4 Å². The van der Waals surface area contributed by atoms with Crippen LogP contribution >= 0.6 is 0 Å². The van der Waals surface area contributed by atoms with Crippen LogP contribution in [0.1, 0.15) is 13.3 Å². The first-order valence-corrected chi connectivity index (χ1v) is 4.08. The molecule has 0 bridgehead atoms. The highest BCUT2D eigenvalue weighted by molar-refractivity contribution is 5.77. The van der Waals surface area contributed by atoms with Crippen LogP contribution in [0.3, 0.4) is 0 Å². The van der Waals surface area contributed by atoms with Gasteiger partial charge in [-0.15, -0.1) is 0 Å². The number of rotatable bonds is 2. The van der Waals surface area contributed by atoms with Gasteiger partial charge in [-0.2, -0.15) is 0 Å². The summed E-state index contributed by atoms with van der Waals surface area (Å²) in [5, 5.41) is 1.26. The third-order valence-electron chi connectivity index (χ3n) is 2.13. The van der Waals surface area contributed by atoms with E-state index >= 15 is 0 Å². The zero-order valence-electron chi connectivity index (χ0n) is 7.74. The van der Waals surface area contributed by atoms with Crippen molar-refractivity contribution in [2.45, 2.75) is 19.4 Å². The van der Waals surface area contributed by atoms with E-state index in [0.717, 1.165) is 6.42 Å². The van der Waals surface area contributed by atoms with Gasteiger partial charge in [-0.3, -0.25) is 9.63 Å². The van der Waals surface area contributed by atoms with E-state index in [2.05, 4.69) is 0 Å². The molecule has 1 amide bonds. The lowest BCUT2D eigenvalue weighted by Gasteiger charge is -2.16. The summed E-state index contributed by atoms with van der Waals surface area (Å²) in [6, 6.07) is 0. The number of hydrogen-bond donors (Lipinski definition) is 0. The predicted molar refractivity (Wildman–Crippen MR) is 43.3 cm³/mol. The fraction of sp³-hybridized carbons (Fsp3) is 0.875. The Kier molecular flexibility index (Phi) is 3.05. The summed E-state index contributed by atoms with van der Waals surface area (Å²) in [6.07, 6.45) is 0.996. The molecule has 0 saturated carbocycles. The van der Waals surface area contributed by atoms with Crippen molar-refractivity contribution in [2.75, 3.05) is 20.8 Å². The molecular weight excluding hydrogens is 158 g/mol. The molecule has 1 aliphatic rings. The largest absolute Gasteiger partial charge is 0.378 e. The molecule has 1 rings (SSSR count). The Morgan fingerprint density at radius 2 is 2.33 bits per heavy atom. The minimum atomic E-state index is -0.0232. The van der Waals surface area contributed by atoms with Crippen LogP contribution in [0.4, 0.5) is 0 Å². The van der Waals surface area contributed by atoms with Gasteiger partial charge in [0, 0.05) is 7.05 Å². The van der Waals surface area contributed by atoms with Crippen molar-refractivity contribution in [3.8, 4) is 0 Å². The second kappa shape index (κ2) is 3.87. The van der Waals surface area contributed by atoms with E-state index in [4.69, 9.17) is 9.57 Å². The van der Waals surface area contributed by atoms with Crippen LogP contribution < -0.4 is 0 Å². The molecule has 0 aromatic rings. The van der Waals surface area contributed by atoms with E-state index in [0.29, 0.717) is 6.61 Å². The van der Waals surface area contributed by atoms with Crippen LogP contribution in [0, 0.1) is 5.92 Å². The van der Waals surface area contributed by atoms with Crippen molar-refractivity contribution in [1.29, 1.82) is 0 Å². The molecule has 0 aromatic carbocycles. The number of hydrogen-bond acceptors (Lipinski definition) is 3. The third kappa shape index (κ3) is 1.95. The molecule has 0 radical (unpaired) electrons. The second-order valence-electron chi connectivity index (χ2n) is 3.09. The minimum absolute atomic E-state index is 0.00171. The molecule has 0 aliphatic carbocycles. The molecule has 2 atom stereocenters. The average Bonchev–Trinajstić information content (AvgIpc) is 2.49. The van der Waals surface area contributed by atoms with Gasteiger partial charge in [0.05, 0.1) is 25.7 Å². The smallest absolute Gasteiger partial charge is 0.251 e. The van der Waals surface area contributed by atoms with E-state index < -0.39 is 0 Å². The van der Waals surface area contributed by atoms with Crippen molar-refractivity contribution in [3.63, 3.8) is 0 Å². The van der Waals surface area contributed by atoms with E-state index in [1.807, 2.05) is 6.92 Å². The Morgan fingerprint density at radius 3 is 2.75 bits per heavy atom. The molecule has 0 unspecified atom stereocenters. The predicted octanol–water partition coefficient (Wildman–Crippen LogP) is 0.431. The molecule has 4 heteroatoms. The first kappa shape index (κ1) is 9.48. The monoisotopic (exact) mass is 173 g/mol. The van der Waals surface area contributed by atoms with Crippen molar-refractivity contribution >= 4 is 5.91 Å². The summed E-state index contributed by atoms with van der Waals surface area (Å²) in [7, 11) is 3.10. The SMILES string of the molecule is CON(C)C(=O)[C@H]1CO[C@H](C)C1. The lowest BCUT2D eigenvalue weighted by Crippen LogP contribution is -2.32. The highest BCUT2D eigenvalue weighted by atomic mass is 16.7. The Morgan fingerprint density at radius 1 is 1.67 bits per heavy atom. The average molecular weight is 173 g/mol. The number of amides is 1. The summed E-state index contributed by atoms with van der Waals surface area (Å²) in [6.45, 7) is 2.49. The molecule has 1 aliphatic heterocycles. The number of nitrogens with zero attached hydrogens (tertiary/aromatic N) is 1. The number of carbonyl (C=O) groups excluding carboxylic acids is 1. The quantitative estimate of drug-likeness (QED) is 0.568. The first-order valence-electron chi connectivity index (χ1n) is 4.08. The molecule has 1 saturated heterocycles. The Labute approximate surface area is 72.4 Å². The molecule has 1 fully saturated rings. The summed E-state index contributed by atoms with van der Waals surface area (Å²) >= 11 is 0. The molecule has 0 spiro atoms. The molecular formula is C8H15NO3. The summed E-state index contributed by atoms with van der Waals surface area (Å²) in [5.74, 6) is -0.0215. The van der Waals surface area contributed by atoms with Crippen LogP contribution in [-0.4, -0.2) is 37.8 Å². The van der Waals surface area contributed by atoms with E-state index in [1.165, 1.54) is 12.2 Å². The van der Waals surface area contributed by atoms with Gasteiger partial charge in [0.15, 0.2) is 0 Å². The zero-order valence-corrected chi connectivity index (χ0v) is 7.74. The summed E-state index contributed by atoms with van der Waals surface area (Å²) in [4.78, 5) is 16.2. The van der Waals surface area contributed by atoms with Gasteiger partial charge in [0.2, 0.25) is 0 Å². The van der Waals surface area contributed by atoms with E-state index in [1.54, 1.807) is 7.05 Å². The van der Waals surface area contributed by atoms with Gasteiger partial charge in [-0.25, -0.2) is 5.06 Å². The fourth-order valence-corrected chi connectivity index (χ4v) is 1.34. The normalized spacial score (nSPS) is 28.9. The maximum atomic E-state index is 11.4. The van der Waals surface area contributed by atoms with Crippen molar-refractivity contribution in [1.82, 2.24) is 5.06 Å². The van der Waals surface area contributed by atoms with Crippen molar-refractivity contribution in [3.05, 3.63) is 0 Å². The maximum absolute atomic E-state index is 11.4. The Bertz CT molecular complexity index is 172. The second-order valence-corrected chi connectivity index (χ2v) is 3.09. The topological polar surface area (TPSA) is 38.8 Å². The minimum Gasteiger partial charge on any atom is -0.378 e. The highest BCUT2D eigenvalue weighted by Crippen LogP contribution is 2.20. The Balaban J connectivity index is 2.43. The standard InChI is InChI=1S/C8H15NO3/c1-6-4-7(5-12-6)8(10)9(2)11-3/h6-7H,4-5H2,1-3H3/t6-,7-/m1/s1. The fourth-order valence-electron chi connectivity index (χ4n) is 1.34. The zero-order chi connectivity index (χ0) is 9.14. The van der Waals surface area contributed by atoms with Crippen LogP contribution in [0.25, 0.3) is 0 Å². The van der Waals surface area contributed by atoms with Crippen LogP contribution in [0.5, 0.6) is 0 Å². The van der Waals surface area contributed by atoms with Gasteiger partial charge in [0.25, 0.3) is 5.91 Å². The van der Waals surface area contributed by atoms with Crippen molar-refractivity contribution in [2.24, 2.45) is 5.92 Å². The number of carbonyl (C=O) groups is 1. The van der Waals surface area contributed by atoms with E-state index in [-0.39, 0.29) is 17.9 Å². The maximum Gasteiger partial charge on any atom is 0.251 e. The molecule has 0 N–H and O–H groups in total. The lowest BCUT2D eigenvalue weighted by molar-refractivity contribution is -0.173.